The Kier molecular flexibility index (Phi) is 5.98. The molecule has 1 amide bonds. The number of pyridine rings is 1. The molecular formula is C23H22N4O3. The molecule has 7 heteroatoms. The van der Waals surface area contributed by atoms with Gasteiger partial charge >= 0.3 is 0 Å². The summed E-state index contributed by atoms with van der Waals surface area (Å²) >= 11 is 0. The highest BCUT2D eigenvalue weighted by Gasteiger charge is 2.18. The van der Waals surface area contributed by atoms with Gasteiger partial charge in [-0.05, 0) is 57.0 Å². The van der Waals surface area contributed by atoms with E-state index in [1.54, 1.807) is 25.3 Å². The van der Waals surface area contributed by atoms with Gasteiger partial charge in [0.25, 0.3) is 11.5 Å². The molecule has 0 unspecified atom stereocenters. The highest BCUT2D eigenvalue weighted by atomic mass is 16.5. The first-order chi connectivity index (χ1) is 14.3. The molecule has 152 valence electrons. The molecule has 1 aromatic carbocycles. The van der Waals surface area contributed by atoms with Crippen molar-refractivity contribution in [2.24, 2.45) is 0 Å². The first kappa shape index (κ1) is 20.8. The molecule has 3 rings (SSSR count). The molecule has 0 radical (unpaired) electrons. The molecule has 1 N–H and O–H groups in total. The van der Waals surface area contributed by atoms with Gasteiger partial charge in [0.2, 0.25) is 5.88 Å². The maximum Gasteiger partial charge on any atom is 0.269 e. The van der Waals surface area contributed by atoms with Crippen LogP contribution in [0.2, 0.25) is 0 Å². The minimum atomic E-state index is -0.564. The molecule has 0 aliphatic heterocycles. The number of carbonyl (C=O) groups is 1. The summed E-state index contributed by atoms with van der Waals surface area (Å²) in [6, 6.07) is 11.1. The van der Waals surface area contributed by atoms with Gasteiger partial charge < -0.3 is 10.1 Å². The Bertz CT molecular complexity index is 1270. The molecular weight excluding hydrogens is 380 g/mol. The summed E-state index contributed by atoms with van der Waals surface area (Å²) in [5, 5.41) is 12.0. The summed E-state index contributed by atoms with van der Waals surface area (Å²) in [7, 11) is 0. The van der Waals surface area contributed by atoms with Crippen LogP contribution in [0.25, 0.3) is 11.7 Å². The van der Waals surface area contributed by atoms with E-state index in [4.69, 9.17) is 4.74 Å². The van der Waals surface area contributed by atoms with Crippen LogP contribution >= 0.6 is 0 Å². The van der Waals surface area contributed by atoms with E-state index < -0.39 is 11.5 Å². The van der Waals surface area contributed by atoms with Gasteiger partial charge in [-0.15, -0.1) is 0 Å². The van der Waals surface area contributed by atoms with Crippen LogP contribution in [-0.2, 0) is 4.79 Å². The van der Waals surface area contributed by atoms with E-state index in [2.05, 4.69) is 10.3 Å². The van der Waals surface area contributed by atoms with Crippen molar-refractivity contribution in [2.45, 2.75) is 27.7 Å². The van der Waals surface area contributed by atoms with Crippen LogP contribution in [0.4, 0.5) is 0 Å². The molecule has 0 saturated carbocycles. The van der Waals surface area contributed by atoms with Crippen LogP contribution < -0.4 is 15.6 Å². The summed E-state index contributed by atoms with van der Waals surface area (Å²) < 4.78 is 7.39. The number of hydrogen-bond acceptors (Lipinski definition) is 5. The highest BCUT2D eigenvalue weighted by molar-refractivity contribution is 6.01. The Morgan fingerprint density at radius 3 is 2.70 bits per heavy atom. The number of aryl methyl sites for hydroxylation is 3. The van der Waals surface area contributed by atoms with Crippen LogP contribution in [0.3, 0.4) is 0 Å². The topological polar surface area (TPSA) is 96.5 Å². The molecule has 0 saturated heterocycles. The molecule has 30 heavy (non-hydrogen) atoms. The number of ether oxygens (including phenoxy) is 1. The van der Waals surface area contributed by atoms with Crippen molar-refractivity contribution in [3.63, 3.8) is 0 Å². The number of aromatic nitrogens is 2. The zero-order valence-corrected chi connectivity index (χ0v) is 17.3. The van der Waals surface area contributed by atoms with Crippen molar-refractivity contribution in [3.8, 4) is 17.7 Å². The second-order valence-corrected chi connectivity index (χ2v) is 6.92. The number of rotatable bonds is 5. The van der Waals surface area contributed by atoms with Gasteiger partial charge in [0.05, 0.1) is 0 Å². The van der Waals surface area contributed by atoms with Crippen LogP contribution in [0.15, 0.2) is 46.9 Å². The first-order valence-electron chi connectivity index (χ1n) is 9.52. The number of likely N-dealkylation sites (N-methyl/N-ethyl adjacent to an activating group) is 1. The molecule has 0 spiro atoms. The van der Waals surface area contributed by atoms with Crippen LogP contribution in [0, 0.1) is 32.1 Å². The maximum absolute atomic E-state index is 13.2. The Hall–Kier alpha value is -3.92. The molecule has 0 fully saturated rings. The summed E-state index contributed by atoms with van der Waals surface area (Å²) in [6.45, 7) is 7.81. The largest absolute Gasteiger partial charge is 0.438 e. The van der Waals surface area contributed by atoms with Gasteiger partial charge in [-0.25, -0.2) is 0 Å². The second-order valence-electron chi connectivity index (χ2n) is 6.92. The fraction of sp³-hybridized carbons (Fsp3) is 0.217. The summed E-state index contributed by atoms with van der Waals surface area (Å²) in [4.78, 5) is 30.0. The predicted molar refractivity (Wildman–Crippen MR) is 114 cm³/mol. The molecule has 0 aliphatic carbocycles. The van der Waals surface area contributed by atoms with Crippen molar-refractivity contribution in [1.82, 2.24) is 14.7 Å². The minimum Gasteiger partial charge on any atom is -0.438 e. The van der Waals surface area contributed by atoms with Crippen molar-refractivity contribution < 1.29 is 9.53 Å². The average Bonchev–Trinajstić information content (AvgIpc) is 2.71. The van der Waals surface area contributed by atoms with Gasteiger partial charge in [-0.2, -0.15) is 10.2 Å². The van der Waals surface area contributed by atoms with E-state index in [-0.39, 0.29) is 17.0 Å². The van der Waals surface area contributed by atoms with E-state index in [0.29, 0.717) is 17.9 Å². The number of fused-ring (bicyclic) bond motifs is 1. The lowest BCUT2D eigenvalue weighted by Crippen LogP contribution is -2.25. The average molecular weight is 402 g/mol. The highest BCUT2D eigenvalue weighted by Crippen LogP contribution is 2.27. The van der Waals surface area contributed by atoms with Gasteiger partial charge in [-0.1, -0.05) is 23.8 Å². The van der Waals surface area contributed by atoms with E-state index in [0.717, 1.165) is 16.7 Å². The van der Waals surface area contributed by atoms with Crippen molar-refractivity contribution in [1.29, 1.82) is 5.26 Å². The third kappa shape index (κ3) is 4.08. The van der Waals surface area contributed by atoms with Crippen molar-refractivity contribution >= 4 is 17.6 Å². The van der Waals surface area contributed by atoms with Crippen LogP contribution in [0.1, 0.15) is 29.2 Å². The number of benzene rings is 1. The lowest BCUT2D eigenvalue weighted by atomic mass is 10.1. The normalized spacial score (nSPS) is 11.2. The summed E-state index contributed by atoms with van der Waals surface area (Å²) in [5.74, 6) is 0.0149. The molecule has 0 aliphatic rings. The Morgan fingerprint density at radius 1 is 1.27 bits per heavy atom. The smallest absolute Gasteiger partial charge is 0.269 e. The predicted octanol–water partition coefficient (Wildman–Crippen LogP) is 3.46. The Labute approximate surface area is 174 Å². The first-order valence-corrected chi connectivity index (χ1v) is 9.52. The van der Waals surface area contributed by atoms with Gasteiger partial charge in [0.15, 0.2) is 0 Å². The van der Waals surface area contributed by atoms with Gasteiger partial charge in [-0.3, -0.25) is 14.0 Å². The maximum atomic E-state index is 13.2. The number of nitriles is 1. The lowest BCUT2D eigenvalue weighted by Gasteiger charge is -2.13. The Morgan fingerprint density at radius 2 is 2.03 bits per heavy atom. The third-order valence-electron chi connectivity index (χ3n) is 4.58. The fourth-order valence-corrected chi connectivity index (χ4v) is 3.06. The van der Waals surface area contributed by atoms with Crippen LogP contribution in [-0.4, -0.2) is 21.8 Å². The molecule has 2 heterocycles. The standard InChI is InChI=1S/C23H22N4O3/c1-5-25-21(28)17(13-24)12-18-22(30-19-9-8-14(2)11-16(19)4)26-20-15(3)7-6-10-27(20)23(18)29/h6-12H,5H2,1-4H3,(H,25,28)/b17-12+. The molecule has 0 bridgehead atoms. The number of nitrogens with zero attached hydrogens (tertiary/aromatic N) is 3. The Balaban J connectivity index is 2.27. The van der Waals surface area contributed by atoms with Gasteiger partial charge in [0.1, 0.15) is 28.6 Å². The molecule has 2 aromatic heterocycles. The van der Waals surface area contributed by atoms with E-state index in [1.807, 2.05) is 45.0 Å². The third-order valence-corrected chi connectivity index (χ3v) is 4.58. The quantitative estimate of drug-likeness (QED) is 0.521. The molecule has 0 atom stereocenters. The van der Waals surface area contributed by atoms with E-state index >= 15 is 0 Å². The zero-order chi connectivity index (χ0) is 21.8. The van der Waals surface area contributed by atoms with E-state index in [9.17, 15) is 14.9 Å². The number of hydrogen-bond donors (Lipinski definition) is 1. The number of nitrogens with one attached hydrogen (secondary N) is 1. The minimum absolute atomic E-state index is 0.0286. The zero-order valence-electron chi connectivity index (χ0n) is 17.3. The van der Waals surface area contributed by atoms with Gasteiger partial charge in [0, 0.05) is 12.7 Å². The summed E-state index contributed by atoms with van der Waals surface area (Å²) in [5.41, 5.74) is 2.58. The van der Waals surface area contributed by atoms with Crippen LogP contribution in [0.5, 0.6) is 11.6 Å². The van der Waals surface area contributed by atoms with E-state index in [1.165, 1.54) is 10.5 Å². The summed E-state index contributed by atoms with van der Waals surface area (Å²) in [6.07, 6.45) is 2.82. The lowest BCUT2D eigenvalue weighted by molar-refractivity contribution is -0.116. The molecule has 7 nitrogen and oxygen atoms in total. The van der Waals surface area contributed by atoms with Crippen molar-refractivity contribution in [3.05, 3.63) is 74.7 Å². The number of carbonyl (C=O) groups excluding carboxylic acids is 1. The monoisotopic (exact) mass is 402 g/mol. The fourth-order valence-electron chi connectivity index (χ4n) is 3.06. The molecule has 3 aromatic rings. The SMILES string of the molecule is CCNC(=O)/C(C#N)=C/c1c(Oc2ccc(C)cc2C)nc2c(C)cccn2c1=O. The second kappa shape index (κ2) is 8.62. The van der Waals surface area contributed by atoms with Crippen molar-refractivity contribution in [2.75, 3.05) is 6.54 Å². The number of amides is 1.